The number of carbonyl (C=O) groups is 2. The van der Waals surface area contributed by atoms with Gasteiger partial charge < -0.3 is 15.2 Å². The van der Waals surface area contributed by atoms with Crippen molar-refractivity contribution in [2.24, 2.45) is 17.8 Å². The average Bonchev–Trinajstić information content (AvgIpc) is 2.52. The van der Waals surface area contributed by atoms with Crippen LogP contribution >= 0.6 is 0 Å². The third-order valence-electron chi connectivity index (χ3n) is 3.92. The van der Waals surface area contributed by atoms with E-state index in [1.54, 1.807) is 20.8 Å². The smallest absolute Gasteiger partial charge is 0.408 e. The van der Waals surface area contributed by atoms with Crippen LogP contribution in [0.2, 0.25) is 0 Å². The Morgan fingerprint density at radius 1 is 1.30 bits per heavy atom. The Hall–Kier alpha value is -1.52. The average molecular weight is 281 g/mol. The van der Waals surface area contributed by atoms with Crippen molar-refractivity contribution in [3.63, 3.8) is 0 Å². The molecule has 1 fully saturated rings. The zero-order valence-corrected chi connectivity index (χ0v) is 12.3. The van der Waals surface area contributed by atoms with Gasteiger partial charge in [-0.15, -0.1) is 0 Å². The molecule has 4 atom stereocenters. The van der Waals surface area contributed by atoms with Crippen LogP contribution in [-0.2, 0) is 9.53 Å². The van der Waals surface area contributed by atoms with Gasteiger partial charge in [-0.05, 0) is 57.8 Å². The maximum atomic E-state index is 11.7. The number of fused-ring (bicyclic) bond motifs is 1. The molecule has 0 unspecified atom stereocenters. The molecule has 2 aliphatic carbocycles. The summed E-state index contributed by atoms with van der Waals surface area (Å²) < 4.78 is 5.11. The topological polar surface area (TPSA) is 75.6 Å². The highest BCUT2D eigenvalue weighted by atomic mass is 16.6. The Morgan fingerprint density at radius 3 is 2.25 bits per heavy atom. The molecule has 0 heterocycles. The van der Waals surface area contributed by atoms with Gasteiger partial charge in [0.1, 0.15) is 11.6 Å². The van der Waals surface area contributed by atoms with Crippen molar-refractivity contribution in [3.8, 4) is 0 Å². The van der Waals surface area contributed by atoms with Crippen molar-refractivity contribution in [1.29, 1.82) is 0 Å². The third-order valence-corrected chi connectivity index (χ3v) is 3.92. The molecule has 0 aromatic carbocycles. The van der Waals surface area contributed by atoms with Crippen LogP contribution in [0, 0.1) is 17.8 Å². The van der Waals surface area contributed by atoms with Crippen LogP contribution in [0.4, 0.5) is 4.79 Å². The first-order valence-corrected chi connectivity index (χ1v) is 7.15. The zero-order chi connectivity index (χ0) is 14.9. The molecule has 5 nitrogen and oxygen atoms in total. The van der Waals surface area contributed by atoms with E-state index in [1.807, 2.05) is 0 Å². The van der Waals surface area contributed by atoms with E-state index in [-0.39, 0.29) is 0 Å². The van der Waals surface area contributed by atoms with Crippen molar-refractivity contribution >= 4 is 12.1 Å². The van der Waals surface area contributed by atoms with Crippen LogP contribution in [0.3, 0.4) is 0 Å². The largest absolute Gasteiger partial charge is 0.480 e. The molecule has 0 aromatic heterocycles. The van der Waals surface area contributed by atoms with E-state index in [4.69, 9.17) is 4.74 Å². The Labute approximate surface area is 119 Å². The SMILES string of the molecule is CC(C)(C)OC(=O)N[C@@H](C[C@H]1C[C@H]2C=C[C@H]2C1)C(=O)O. The zero-order valence-electron chi connectivity index (χ0n) is 12.3. The Bertz CT molecular complexity index is 410. The summed E-state index contributed by atoms with van der Waals surface area (Å²) in [7, 11) is 0. The summed E-state index contributed by atoms with van der Waals surface area (Å²) in [5.41, 5.74) is -0.622. The second kappa shape index (κ2) is 5.46. The number of carboxylic acids is 1. The summed E-state index contributed by atoms with van der Waals surface area (Å²) in [5.74, 6) is 0.603. The van der Waals surface area contributed by atoms with Crippen molar-refractivity contribution in [2.45, 2.75) is 51.7 Å². The second-order valence-corrected chi connectivity index (χ2v) is 6.82. The summed E-state index contributed by atoms with van der Waals surface area (Å²) in [4.78, 5) is 23.0. The van der Waals surface area contributed by atoms with Crippen LogP contribution in [0.5, 0.6) is 0 Å². The van der Waals surface area contributed by atoms with Gasteiger partial charge in [0.05, 0.1) is 0 Å². The third kappa shape index (κ3) is 3.74. The van der Waals surface area contributed by atoms with Crippen molar-refractivity contribution in [3.05, 3.63) is 12.2 Å². The van der Waals surface area contributed by atoms with E-state index in [2.05, 4.69) is 17.5 Å². The highest BCUT2D eigenvalue weighted by molar-refractivity contribution is 5.80. The molecule has 5 heteroatoms. The van der Waals surface area contributed by atoms with E-state index in [0.717, 1.165) is 12.8 Å². The number of nitrogens with one attached hydrogen (secondary N) is 1. The number of amides is 1. The van der Waals surface area contributed by atoms with E-state index in [1.165, 1.54) is 0 Å². The monoisotopic (exact) mass is 281 g/mol. The number of ether oxygens (including phenoxy) is 1. The number of allylic oxidation sites excluding steroid dienone is 2. The Morgan fingerprint density at radius 2 is 1.85 bits per heavy atom. The number of aliphatic carboxylic acids is 1. The lowest BCUT2D eigenvalue weighted by atomic mass is 9.86. The van der Waals surface area contributed by atoms with Crippen LogP contribution in [0.15, 0.2) is 12.2 Å². The van der Waals surface area contributed by atoms with Crippen LogP contribution in [0.1, 0.15) is 40.0 Å². The standard InChI is InChI=1S/C15H23NO4/c1-15(2,3)20-14(19)16-12(13(17)18)8-9-6-10-4-5-11(10)7-9/h4-5,9-12H,6-8H2,1-3H3,(H,16,19)(H,17,18)/t9-,10+,11-,12-/m0/s1. The molecule has 0 spiro atoms. The van der Waals surface area contributed by atoms with Gasteiger partial charge in [0.15, 0.2) is 0 Å². The first kappa shape index (κ1) is 14.9. The van der Waals surface area contributed by atoms with E-state index < -0.39 is 23.7 Å². The minimum absolute atomic E-state index is 0.357. The summed E-state index contributed by atoms with van der Waals surface area (Å²) in [6.45, 7) is 5.26. The lowest BCUT2D eigenvalue weighted by Gasteiger charge is -2.23. The number of rotatable bonds is 4. The Kier molecular flexibility index (Phi) is 4.06. The highest BCUT2D eigenvalue weighted by Crippen LogP contribution is 2.45. The van der Waals surface area contributed by atoms with Gasteiger partial charge in [-0.2, -0.15) is 0 Å². The highest BCUT2D eigenvalue weighted by Gasteiger charge is 2.38. The predicted octanol–water partition coefficient (Wildman–Crippen LogP) is 2.57. The first-order valence-electron chi connectivity index (χ1n) is 7.15. The molecule has 2 N–H and O–H groups in total. The van der Waals surface area contributed by atoms with Gasteiger partial charge >= 0.3 is 12.1 Å². The fraction of sp³-hybridized carbons (Fsp3) is 0.733. The second-order valence-electron chi connectivity index (χ2n) is 6.82. The van der Waals surface area contributed by atoms with Gasteiger partial charge in [0.2, 0.25) is 0 Å². The molecule has 0 bridgehead atoms. The fourth-order valence-corrected chi connectivity index (χ4v) is 3.00. The normalized spacial score (nSPS) is 29.2. The molecule has 20 heavy (non-hydrogen) atoms. The number of carboxylic acid groups (broad SMARTS) is 1. The number of hydrogen-bond donors (Lipinski definition) is 2. The molecule has 0 saturated heterocycles. The molecule has 0 aliphatic heterocycles. The quantitative estimate of drug-likeness (QED) is 0.777. The Balaban J connectivity index is 1.84. The lowest BCUT2D eigenvalue weighted by Crippen LogP contribution is -2.44. The first-order chi connectivity index (χ1) is 9.24. The molecule has 2 rings (SSSR count). The minimum atomic E-state index is -0.997. The molecule has 112 valence electrons. The van der Waals surface area contributed by atoms with Gasteiger partial charge in [-0.1, -0.05) is 12.2 Å². The van der Waals surface area contributed by atoms with Crippen molar-refractivity contribution in [2.75, 3.05) is 0 Å². The van der Waals surface area contributed by atoms with Gasteiger partial charge in [0.25, 0.3) is 0 Å². The van der Waals surface area contributed by atoms with Gasteiger partial charge in [-0.3, -0.25) is 0 Å². The summed E-state index contributed by atoms with van der Waals surface area (Å²) in [6.07, 6.45) is 6.26. The summed E-state index contributed by atoms with van der Waals surface area (Å²) >= 11 is 0. The molecule has 0 radical (unpaired) electrons. The molecular weight excluding hydrogens is 258 g/mol. The van der Waals surface area contributed by atoms with E-state index in [0.29, 0.717) is 24.2 Å². The van der Waals surface area contributed by atoms with Crippen LogP contribution < -0.4 is 5.32 Å². The molecule has 0 aromatic rings. The minimum Gasteiger partial charge on any atom is -0.480 e. The lowest BCUT2D eigenvalue weighted by molar-refractivity contribution is -0.140. The number of carbonyl (C=O) groups excluding carboxylic acids is 1. The van der Waals surface area contributed by atoms with Crippen LogP contribution in [0.25, 0.3) is 0 Å². The molecule has 1 amide bonds. The van der Waals surface area contributed by atoms with Gasteiger partial charge in [-0.25, -0.2) is 9.59 Å². The number of hydrogen-bond acceptors (Lipinski definition) is 3. The fourth-order valence-electron chi connectivity index (χ4n) is 3.00. The van der Waals surface area contributed by atoms with E-state index >= 15 is 0 Å². The molecular formula is C15H23NO4. The maximum absolute atomic E-state index is 11.7. The number of alkyl carbamates (subject to hydrolysis) is 1. The van der Waals surface area contributed by atoms with Gasteiger partial charge in [0, 0.05) is 0 Å². The molecule has 1 saturated carbocycles. The predicted molar refractivity (Wildman–Crippen MR) is 74.3 cm³/mol. The summed E-state index contributed by atoms with van der Waals surface area (Å²) in [6, 6.07) is -0.868. The van der Waals surface area contributed by atoms with E-state index in [9.17, 15) is 14.7 Å². The summed E-state index contributed by atoms with van der Waals surface area (Å²) in [5, 5.41) is 11.7. The van der Waals surface area contributed by atoms with Crippen LogP contribution in [-0.4, -0.2) is 28.8 Å². The van der Waals surface area contributed by atoms with Crippen molar-refractivity contribution < 1.29 is 19.4 Å². The molecule has 2 aliphatic rings. The van der Waals surface area contributed by atoms with Crippen molar-refractivity contribution in [1.82, 2.24) is 5.32 Å². The maximum Gasteiger partial charge on any atom is 0.408 e.